The van der Waals surface area contributed by atoms with E-state index in [4.69, 9.17) is 5.73 Å². The standard InChI is InChI=1S/C13H23NO/c1-10(2)8-9-13(15)11-6-4-3-5-7-12(11)14/h11-12H,1,3-9,14H2,2H3. The van der Waals surface area contributed by atoms with Crippen LogP contribution in [0.5, 0.6) is 0 Å². The summed E-state index contributed by atoms with van der Waals surface area (Å²) in [7, 11) is 0. The van der Waals surface area contributed by atoms with Gasteiger partial charge in [-0.05, 0) is 26.2 Å². The molecule has 0 aromatic rings. The Bertz CT molecular complexity index is 235. The van der Waals surface area contributed by atoms with E-state index in [0.29, 0.717) is 12.2 Å². The van der Waals surface area contributed by atoms with Crippen LogP contribution in [0.3, 0.4) is 0 Å². The maximum Gasteiger partial charge on any atom is 0.137 e. The van der Waals surface area contributed by atoms with Crippen molar-refractivity contribution in [1.29, 1.82) is 0 Å². The van der Waals surface area contributed by atoms with E-state index < -0.39 is 0 Å². The van der Waals surface area contributed by atoms with E-state index in [1.165, 1.54) is 12.8 Å². The van der Waals surface area contributed by atoms with Gasteiger partial charge in [-0.2, -0.15) is 0 Å². The van der Waals surface area contributed by atoms with Crippen molar-refractivity contribution in [2.45, 2.75) is 57.9 Å². The molecule has 1 aliphatic carbocycles. The van der Waals surface area contributed by atoms with Gasteiger partial charge in [0.25, 0.3) is 0 Å². The summed E-state index contributed by atoms with van der Waals surface area (Å²) in [5.41, 5.74) is 7.13. The van der Waals surface area contributed by atoms with Crippen molar-refractivity contribution in [3.05, 3.63) is 12.2 Å². The van der Waals surface area contributed by atoms with Gasteiger partial charge in [-0.1, -0.05) is 24.8 Å². The average molecular weight is 209 g/mol. The van der Waals surface area contributed by atoms with E-state index in [-0.39, 0.29) is 12.0 Å². The maximum atomic E-state index is 11.9. The Balaban J connectivity index is 2.44. The van der Waals surface area contributed by atoms with E-state index >= 15 is 0 Å². The number of allylic oxidation sites excluding steroid dienone is 1. The summed E-state index contributed by atoms with van der Waals surface area (Å²) in [5.74, 6) is 0.472. The van der Waals surface area contributed by atoms with Gasteiger partial charge in [-0.15, -0.1) is 6.58 Å². The monoisotopic (exact) mass is 209 g/mol. The second-order valence-corrected chi connectivity index (χ2v) is 4.83. The zero-order valence-corrected chi connectivity index (χ0v) is 9.80. The van der Waals surface area contributed by atoms with Crippen LogP contribution in [0.15, 0.2) is 12.2 Å². The topological polar surface area (TPSA) is 43.1 Å². The zero-order chi connectivity index (χ0) is 11.3. The summed E-state index contributed by atoms with van der Waals surface area (Å²) >= 11 is 0. The predicted molar refractivity (Wildman–Crippen MR) is 63.6 cm³/mol. The normalized spacial score (nSPS) is 27.1. The first-order valence-corrected chi connectivity index (χ1v) is 6.04. The van der Waals surface area contributed by atoms with Crippen LogP contribution in [0.1, 0.15) is 51.9 Å². The van der Waals surface area contributed by atoms with Crippen LogP contribution < -0.4 is 5.73 Å². The lowest BCUT2D eigenvalue weighted by Crippen LogP contribution is -2.34. The van der Waals surface area contributed by atoms with Gasteiger partial charge < -0.3 is 5.73 Å². The average Bonchev–Trinajstić information content (AvgIpc) is 2.39. The molecule has 2 unspecified atom stereocenters. The second kappa shape index (κ2) is 6.06. The summed E-state index contributed by atoms with van der Waals surface area (Å²) in [6.45, 7) is 5.80. The quantitative estimate of drug-likeness (QED) is 0.571. The largest absolute Gasteiger partial charge is 0.327 e. The smallest absolute Gasteiger partial charge is 0.137 e. The molecule has 2 heteroatoms. The summed E-state index contributed by atoms with van der Waals surface area (Å²) in [5, 5.41) is 0. The maximum absolute atomic E-state index is 11.9. The van der Waals surface area contributed by atoms with Gasteiger partial charge >= 0.3 is 0 Å². The Kier molecular flexibility index (Phi) is 5.03. The number of hydrogen-bond donors (Lipinski definition) is 1. The SMILES string of the molecule is C=C(C)CCC(=O)C1CCCCCC1N. The number of carbonyl (C=O) groups is 1. The highest BCUT2D eigenvalue weighted by Crippen LogP contribution is 2.24. The highest BCUT2D eigenvalue weighted by atomic mass is 16.1. The Morgan fingerprint density at radius 3 is 2.60 bits per heavy atom. The molecule has 0 bridgehead atoms. The van der Waals surface area contributed by atoms with Crippen LogP contribution in [0.2, 0.25) is 0 Å². The molecular formula is C13H23NO. The number of Topliss-reactive ketones (excluding diaryl/α,β-unsaturated/α-hetero) is 1. The lowest BCUT2D eigenvalue weighted by Gasteiger charge is -2.19. The van der Waals surface area contributed by atoms with Gasteiger partial charge in [0.15, 0.2) is 0 Å². The molecule has 2 atom stereocenters. The summed E-state index contributed by atoms with van der Waals surface area (Å²) in [6.07, 6.45) is 7.05. The first-order chi connectivity index (χ1) is 7.11. The number of nitrogens with two attached hydrogens (primary N) is 1. The van der Waals surface area contributed by atoms with Gasteiger partial charge in [0.05, 0.1) is 0 Å². The molecule has 2 N–H and O–H groups in total. The molecule has 0 aliphatic heterocycles. The van der Waals surface area contributed by atoms with Crippen molar-refractivity contribution >= 4 is 5.78 Å². The van der Waals surface area contributed by atoms with Crippen LogP contribution in [0, 0.1) is 5.92 Å². The minimum atomic E-state index is 0.102. The fourth-order valence-corrected chi connectivity index (χ4v) is 2.26. The Labute approximate surface area is 92.9 Å². The molecule has 1 saturated carbocycles. The van der Waals surface area contributed by atoms with Crippen molar-refractivity contribution < 1.29 is 4.79 Å². The van der Waals surface area contributed by atoms with Crippen molar-refractivity contribution in [2.75, 3.05) is 0 Å². The third-order valence-corrected chi connectivity index (χ3v) is 3.28. The Morgan fingerprint density at radius 1 is 1.27 bits per heavy atom. The van der Waals surface area contributed by atoms with Crippen molar-refractivity contribution in [3.8, 4) is 0 Å². The van der Waals surface area contributed by atoms with Crippen molar-refractivity contribution in [1.82, 2.24) is 0 Å². The molecule has 15 heavy (non-hydrogen) atoms. The van der Waals surface area contributed by atoms with Gasteiger partial charge in [0.2, 0.25) is 0 Å². The van der Waals surface area contributed by atoms with Gasteiger partial charge in [0.1, 0.15) is 5.78 Å². The second-order valence-electron chi connectivity index (χ2n) is 4.83. The molecule has 0 heterocycles. The first-order valence-electron chi connectivity index (χ1n) is 6.04. The minimum Gasteiger partial charge on any atom is -0.327 e. The molecule has 86 valence electrons. The molecule has 1 rings (SSSR count). The number of rotatable bonds is 4. The third-order valence-electron chi connectivity index (χ3n) is 3.28. The molecule has 0 radical (unpaired) electrons. The third kappa shape index (κ3) is 4.17. The zero-order valence-electron chi connectivity index (χ0n) is 9.80. The fraction of sp³-hybridized carbons (Fsp3) is 0.769. The molecule has 0 amide bonds. The van der Waals surface area contributed by atoms with Crippen LogP contribution in [-0.2, 0) is 4.79 Å². The van der Waals surface area contributed by atoms with Gasteiger partial charge in [-0.3, -0.25) is 4.79 Å². The van der Waals surface area contributed by atoms with E-state index in [9.17, 15) is 4.79 Å². The lowest BCUT2D eigenvalue weighted by atomic mass is 9.88. The van der Waals surface area contributed by atoms with Crippen LogP contribution in [0.4, 0.5) is 0 Å². The number of hydrogen-bond acceptors (Lipinski definition) is 2. The summed E-state index contributed by atoms with van der Waals surface area (Å²) < 4.78 is 0. The van der Waals surface area contributed by atoms with Crippen LogP contribution in [-0.4, -0.2) is 11.8 Å². The molecule has 0 aromatic carbocycles. The van der Waals surface area contributed by atoms with Gasteiger partial charge in [0, 0.05) is 18.4 Å². The molecule has 1 fully saturated rings. The van der Waals surface area contributed by atoms with Crippen LogP contribution >= 0.6 is 0 Å². The predicted octanol–water partition coefficient (Wildman–Crippen LogP) is 2.82. The van der Waals surface area contributed by atoms with Gasteiger partial charge in [-0.25, -0.2) is 0 Å². The Hall–Kier alpha value is -0.630. The summed E-state index contributed by atoms with van der Waals surface area (Å²) in [4.78, 5) is 11.9. The fourth-order valence-electron chi connectivity index (χ4n) is 2.26. The number of ketones is 1. The highest BCUT2D eigenvalue weighted by molar-refractivity contribution is 5.81. The summed E-state index contributed by atoms with van der Waals surface area (Å²) in [6, 6.07) is 0.102. The molecular weight excluding hydrogens is 186 g/mol. The lowest BCUT2D eigenvalue weighted by molar-refractivity contribution is -0.123. The van der Waals surface area contributed by atoms with E-state index in [1.807, 2.05) is 6.92 Å². The molecule has 2 nitrogen and oxygen atoms in total. The van der Waals surface area contributed by atoms with Crippen LogP contribution in [0.25, 0.3) is 0 Å². The minimum absolute atomic E-state index is 0.102. The van der Waals surface area contributed by atoms with Crippen molar-refractivity contribution in [2.24, 2.45) is 11.7 Å². The first kappa shape index (κ1) is 12.4. The molecule has 1 aliphatic rings. The molecule has 0 saturated heterocycles. The Morgan fingerprint density at radius 2 is 1.93 bits per heavy atom. The highest BCUT2D eigenvalue weighted by Gasteiger charge is 2.26. The number of carbonyl (C=O) groups excluding carboxylic acids is 1. The van der Waals surface area contributed by atoms with E-state index in [2.05, 4.69) is 6.58 Å². The molecule has 0 spiro atoms. The molecule has 0 aromatic heterocycles. The van der Waals surface area contributed by atoms with E-state index in [1.54, 1.807) is 0 Å². The van der Waals surface area contributed by atoms with E-state index in [0.717, 1.165) is 31.3 Å². The van der Waals surface area contributed by atoms with Crippen molar-refractivity contribution in [3.63, 3.8) is 0 Å².